The van der Waals surface area contributed by atoms with Crippen LogP contribution in [0.1, 0.15) is 51.4 Å². The number of alkyl halides is 3. The average Bonchev–Trinajstić information content (AvgIpc) is 3.19. The highest BCUT2D eigenvalue weighted by molar-refractivity contribution is 5.93. The van der Waals surface area contributed by atoms with E-state index in [9.17, 15) is 27.2 Å². The van der Waals surface area contributed by atoms with Gasteiger partial charge in [0.15, 0.2) is 0 Å². The largest absolute Gasteiger partial charge is 0.490 e. The maximum Gasteiger partial charge on any atom is 0.490 e. The molecule has 3 N–H and O–H groups in total. The SMILES string of the molecule is O=C(NCCN1CCC2(CC1)C(=O)NCN2c1cccc(F)c1)C12CC3CC(CC(C3)C1)C2.O=C(O)C(F)(F)F. The molecule has 0 unspecified atom stereocenters. The number of halogens is 4. The van der Waals surface area contributed by atoms with Gasteiger partial charge in [0.1, 0.15) is 11.4 Å². The molecule has 6 fully saturated rings. The van der Waals surface area contributed by atoms with Crippen molar-refractivity contribution in [3.63, 3.8) is 0 Å². The first-order valence-electron chi connectivity index (χ1n) is 14.0. The van der Waals surface area contributed by atoms with Crippen LogP contribution in [0.15, 0.2) is 24.3 Å². The first kappa shape index (κ1) is 28.6. The van der Waals surface area contributed by atoms with Crippen molar-refractivity contribution in [2.45, 2.75) is 63.1 Å². The van der Waals surface area contributed by atoms with Gasteiger partial charge in [-0.1, -0.05) is 6.07 Å². The van der Waals surface area contributed by atoms with E-state index >= 15 is 0 Å². The predicted molar refractivity (Wildman–Crippen MR) is 138 cm³/mol. The van der Waals surface area contributed by atoms with Gasteiger partial charge < -0.3 is 25.5 Å². The lowest BCUT2D eigenvalue weighted by Crippen LogP contribution is -2.57. The minimum absolute atomic E-state index is 0.0431. The van der Waals surface area contributed by atoms with E-state index in [2.05, 4.69) is 15.5 Å². The molecule has 4 bridgehead atoms. The number of carboxylic acid groups (broad SMARTS) is 1. The van der Waals surface area contributed by atoms with Gasteiger partial charge in [-0.25, -0.2) is 9.18 Å². The number of carbonyl (C=O) groups is 3. The zero-order chi connectivity index (χ0) is 28.7. The third-order valence-electron chi connectivity index (χ3n) is 9.62. The topological polar surface area (TPSA) is 102 Å². The molecule has 8 nitrogen and oxygen atoms in total. The number of hydrogen-bond acceptors (Lipinski definition) is 5. The van der Waals surface area contributed by atoms with Crippen LogP contribution >= 0.6 is 0 Å². The van der Waals surface area contributed by atoms with Gasteiger partial charge >= 0.3 is 12.1 Å². The number of benzene rings is 1. The Balaban J connectivity index is 0.000000411. The number of aliphatic carboxylic acids is 1. The molecule has 1 aromatic rings. The monoisotopic (exact) mass is 568 g/mol. The Morgan fingerprint density at radius 2 is 1.62 bits per heavy atom. The van der Waals surface area contributed by atoms with E-state index in [4.69, 9.17) is 9.90 Å². The van der Waals surface area contributed by atoms with Crippen LogP contribution in [0.3, 0.4) is 0 Å². The van der Waals surface area contributed by atoms with E-state index in [1.54, 1.807) is 6.07 Å². The summed E-state index contributed by atoms with van der Waals surface area (Å²) in [6.45, 7) is 3.51. The molecule has 7 rings (SSSR count). The number of piperidine rings is 1. The summed E-state index contributed by atoms with van der Waals surface area (Å²) < 4.78 is 45.5. The van der Waals surface area contributed by atoms with E-state index in [0.29, 0.717) is 32.0 Å². The Morgan fingerprint density at radius 3 is 2.15 bits per heavy atom. The number of likely N-dealkylation sites (tertiary alicyclic amines) is 1. The van der Waals surface area contributed by atoms with Crippen LogP contribution in [-0.4, -0.2) is 72.4 Å². The quantitative estimate of drug-likeness (QED) is 0.470. The lowest BCUT2D eigenvalue weighted by Gasteiger charge is -2.55. The average molecular weight is 569 g/mol. The van der Waals surface area contributed by atoms with E-state index in [0.717, 1.165) is 62.3 Å². The van der Waals surface area contributed by atoms with Crippen molar-refractivity contribution < 1.29 is 37.1 Å². The summed E-state index contributed by atoms with van der Waals surface area (Å²) in [6.07, 6.45) is 3.68. The second-order valence-electron chi connectivity index (χ2n) is 12.2. The summed E-state index contributed by atoms with van der Waals surface area (Å²) in [5.41, 5.74) is 0.0607. The van der Waals surface area contributed by atoms with Crippen LogP contribution in [0, 0.1) is 29.0 Å². The third kappa shape index (κ3) is 5.64. The molecule has 4 aliphatic carbocycles. The van der Waals surface area contributed by atoms with Crippen LogP contribution < -0.4 is 15.5 Å². The molecule has 2 amide bonds. The summed E-state index contributed by atoms with van der Waals surface area (Å²) in [7, 11) is 0. The molecule has 0 aromatic heterocycles. The van der Waals surface area contributed by atoms with Crippen molar-refractivity contribution in [1.29, 1.82) is 0 Å². The standard InChI is InChI=1S/C26H35FN4O2.C2HF3O2/c27-21-2-1-3-22(13-21)31-17-29-24(33)26(31)4-7-30(8-5-26)9-6-28-23(32)25-14-18-10-19(15-25)12-20(11-18)16-25;3-2(4,5)1(6)7/h1-3,13,18-20H,4-12,14-17H2,(H,28,32)(H,29,33);(H,6,7). The Kier molecular flexibility index (Phi) is 7.75. The van der Waals surface area contributed by atoms with Crippen molar-refractivity contribution in [3.05, 3.63) is 30.1 Å². The molecule has 12 heteroatoms. The van der Waals surface area contributed by atoms with Crippen LogP contribution in [0.4, 0.5) is 23.2 Å². The number of hydrogen-bond donors (Lipinski definition) is 3. The van der Waals surface area contributed by atoms with Gasteiger partial charge in [0.25, 0.3) is 0 Å². The van der Waals surface area contributed by atoms with Gasteiger partial charge in [0, 0.05) is 37.3 Å². The number of nitrogens with one attached hydrogen (secondary N) is 2. The van der Waals surface area contributed by atoms with E-state index in [1.807, 2.05) is 11.0 Å². The van der Waals surface area contributed by atoms with Crippen molar-refractivity contribution >= 4 is 23.5 Å². The molecule has 1 spiro atoms. The van der Waals surface area contributed by atoms with E-state index < -0.39 is 17.7 Å². The lowest BCUT2D eigenvalue weighted by molar-refractivity contribution is -0.192. The molecule has 4 saturated carbocycles. The van der Waals surface area contributed by atoms with Crippen LogP contribution in [0.5, 0.6) is 0 Å². The Bertz CT molecular complexity index is 1100. The van der Waals surface area contributed by atoms with Crippen LogP contribution in [-0.2, 0) is 14.4 Å². The number of rotatable bonds is 5. The van der Waals surface area contributed by atoms with Gasteiger partial charge in [-0.15, -0.1) is 0 Å². The molecule has 2 saturated heterocycles. The lowest BCUT2D eigenvalue weighted by atomic mass is 9.49. The summed E-state index contributed by atoms with van der Waals surface area (Å²) in [4.78, 5) is 39.3. The molecule has 0 atom stereocenters. The van der Waals surface area contributed by atoms with E-state index in [-0.39, 0.29) is 17.1 Å². The normalized spacial score (nSPS) is 30.6. The van der Waals surface area contributed by atoms with Gasteiger partial charge in [-0.3, -0.25) is 9.59 Å². The summed E-state index contributed by atoms with van der Waals surface area (Å²) in [5.74, 6) is -0.373. The van der Waals surface area contributed by atoms with Gasteiger partial charge in [-0.05, 0) is 87.3 Å². The zero-order valence-corrected chi connectivity index (χ0v) is 22.3. The summed E-state index contributed by atoms with van der Waals surface area (Å²) in [6, 6.07) is 6.51. The first-order chi connectivity index (χ1) is 18.9. The maximum atomic E-state index is 13.8. The molecule has 40 heavy (non-hydrogen) atoms. The molecule has 0 radical (unpaired) electrons. The summed E-state index contributed by atoms with van der Waals surface area (Å²) >= 11 is 0. The number of anilines is 1. The van der Waals surface area contributed by atoms with Gasteiger partial charge in [-0.2, -0.15) is 13.2 Å². The van der Waals surface area contributed by atoms with Crippen LogP contribution in [0.25, 0.3) is 0 Å². The Hall–Kier alpha value is -2.89. The highest BCUT2D eigenvalue weighted by Gasteiger charge is 2.54. The van der Waals surface area contributed by atoms with Crippen molar-refractivity contribution in [2.75, 3.05) is 37.7 Å². The molecule has 6 aliphatic rings. The number of carboxylic acids is 1. The fourth-order valence-electron chi connectivity index (χ4n) is 8.12. The van der Waals surface area contributed by atoms with E-state index in [1.165, 1.54) is 31.4 Å². The predicted octanol–water partition coefficient (Wildman–Crippen LogP) is 3.52. The summed E-state index contributed by atoms with van der Waals surface area (Å²) in [5, 5.41) is 13.4. The van der Waals surface area contributed by atoms with Crippen molar-refractivity contribution in [2.24, 2.45) is 23.2 Å². The Morgan fingerprint density at radius 1 is 1.05 bits per heavy atom. The highest BCUT2D eigenvalue weighted by Crippen LogP contribution is 2.60. The fourth-order valence-corrected chi connectivity index (χ4v) is 8.12. The molecule has 220 valence electrons. The third-order valence-corrected chi connectivity index (χ3v) is 9.62. The first-order valence-corrected chi connectivity index (χ1v) is 14.0. The zero-order valence-electron chi connectivity index (χ0n) is 22.3. The van der Waals surface area contributed by atoms with Crippen molar-refractivity contribution in [1.82, 2.24) is 15.5 Å². The van der Waals surface area contributed by atoms with Crippen molar-refractivity contribution in [3.8, 4) is 0 Å². The minimum atomic E-state index is -5.08. The highest BCUT2D eigenvalue weighted by atomic mass is 19.4. The fraction of sp³-hybridized carbons (Fsp3) is 0.679. The molecular formula is C28H36F4N4O4. The molecule has 2 heterocycles. The number of nitrogens with zero attached hydrogens (tertiary/aromatic N) is 2. The molecule has 1 aromatic carbocycles. The smallest absolute Gasteiger partial charge is 0.475 e. The maximum absolute atomic E-state index is 13.8. The second-order valence-corrected chi connectivity index (χ2v) is 12.2. The second kappa shape index (κ2) is 10.8. The van der Waals surface area contributed by atoms with Gasteiger partial charge in [0.05, 0.1) is 6.67 Å². The molecular weight excluding hydrogens is 532 g/mol. The Labute approximate surface area is 230 Å². The van der Waals surface area contributed by atoms with Gasteiger partial charge in [0.2, 0.25) is 11.8 Å². The number of amides is 2. The minimum Gasteiger partial charge on any atom is -0.475 e. The van der Waals surface area contributed by atoms with Crippen LogP contribution in [0.2, 0.25) is 0 Å². The number of carbonyl (C=O) groups excluding carboxylic acids is 2. The molecule has 2 aliphatic heterocycles.